The van der Waals surface area contributed by atoms with Crippen molar-refractivity contribution in [2.45, 2.75) is 50.8 Å². The third-order valence-corrected chi connectivity index (χ3v) is 6.51. The number of hydrogen-bond acceptors (Lipinski definition) is 6. The van der Waals surface area contributed by atoms with Crippen LogP contribution in [0, 0.1) is 0 Å². The summed E-state index contributed by atoms with van der Waals surface area (Å²) in [5, 5.41) is 0.224. The largest absolute Gasteiger partial charge is 0.443 e. The SMILES string of the molecule is C=C1CN(Cc2ccc(NS(=O)(=O)c3ccc(Cl)nc3)cc2)C[C@@H](C)N1C(=O)OC(C)(C)C. The van der Waals surface area contributed by atoms with Gasteiger partial charge in [-0.15, -0.1) is 0 Å². The molecule has 33 heavy (non-hydrogen) atoms. The lowest BCUT2D eigenvalue weighted by molar-refractivity contribution is 0.0135. The number of carbonyl (C=O) groups excluding carboxylic acids is 1. The highest BCUT2D eigenvalue weighted by atomic mass is 35.5. The molecular formula is C23H29ClN4O4S. The lowest BCUT2D eigenvalue weighted by Gasteiger charge is -2.41. The van der Waals surface area contributed by atoms with Crippen molar-refractivity contribution >= 4 is 33.4 Å². The fraction of sp³-hybridized carbons (Fsp3) is 0.391. The summed E-state index contributed by atoms with van der Waals surface area (Å²) in [6.45, 7) is 13.4. The summed E-state index contributed by atoms with van der Waals surface area (Å²) in [4.78, 5) is 20.2. The van der Waals surface area contributed by atoms with Gasteiger partial charge in [-0.3, -0.25) is 14.5 Å². The van der Waals surface area contributed by atoms with E-state index in [0.29, 0.717) is 31.0 Å². The quantitative estimate of drug-likeness (QED) is 0.618. The van der Waals surface area contributed by atoms with Crippen molar-refractivity contribution in [2.24, 2.45) is 0 Å². The van der Waals surface area contributed by atoms with Gasteiger partial charge in [0.1, 0.15) is 15.6 Å². The lowest BCUT2D eigenvalue weighted by atomic mass is 10.1. The van der Waals surface area contributed by atoms with Crippen LogP contribution in [-0.4, -0.2) is 54.0 Å². The Morgan fingerprint density at radius 1 is 1.24 bits per heavy atom. The van der Waals surface area contributed by atoms with Gasteiger partial charge in [0.25, 0.3) is 10.0 Å². The maximum atomic E-state index is 12.5. The van der Waals surface area contributed by atoms with E-state index in [9.17, 15) is 13.2 Å². The Bertz CT molecular complexity index is 1110. The molecule has 1 fully saturated rings. The lowest BCUT2D eigenvalue weighted by Crippen LogP contribution is -2.53. The van der Waals surface area contributed by atoms with Crippen LogP contribution >= 0.6 is 11.6 Å². The molecule has 10 heteroatoms. The highest BCUT2D eigenvalue weighted by Gasteiger charge is 2.33. The summed E-state index contributed by atoms with van der Waals surface area (Å²) in [5.74, 6) is 0. The Morgan fingerprint density at radius 2 is 1.91 bits per heavy atom. The van der Waals surface area contributed by atoms with E-state index < -0.39 is 15.6 Å². The maximum absolute atomic E-state index is 12.5. The van der Waals surface area contributed by atoms with Crippen molar-refractivity contribution in [3.05, 3.63) is 65.6 Å². The molecule has 1 aromatic heterocycles. The van der Waals surface area contributed by atoms with Crippen LogP contribution in [0.3, 0.4) is 0 Å². The average molecular weight is 493 g/mol. The second-order valence-corrected chi connectivity index (χ2v) is 11.1. The van der Waals surface area contributed by atoms with E-state index >= 15 is 0 Å². The van der Waals surface area contributed by atoms with Crippen LogP contribution in [0.25, 0.3) is 0 Å². The predicted molar refractivity (Wildman–Crippen MR) is 128 cm³/mol. The van der Waals surface area contributed by atoms with Crippen LogP contribution in [0.2, 0.25) is 5.15 Å². The smallest absolute Gasteiger partial charge is 0.414 e. The van der Waals surface area contributed by atoms with Gasteiger partial charge < -0.3 is 4.74 Å². The number of piperazine rings is 1. The van der Waals surface area contributed by atoms with Gasteiger partial charge in [0.15, 0.2) is 0 Å². The number of benzene rings is 1. The zero-order chi connectivity index (χ0) is 24.4. The van der Waals surface area contributed by atoms with E-state index in [1.165, 1.54) is 18.3 Å². The van der Waals surface area contributed by atoms with E-state index in [1.807, 2.05) is 39.8 Å². The number of aromatic nitrogens is 1. The van der Waals surface area contributed by atoms with Crippen molar-refractivity contribution < 1.29 is 17.9 Å². The van der Waals surface area contributed by atoms with Gasteiger partial charge in [0, 0.05) is 43.3 Å². The van der Waals surface area contributed by atoms with Crippen LogP contribution < -0.4 is 4.72 Å². The number of ether oxygens (including phenoxy) is 1. The summed E-state index contributed by atoms with van der Waals surface area (Å²) in [6.07, 6.45) is 0.830. The number of sulfonamides is 1. The molecule has 2 heterocycles. The van der Waals surface area contributed by atoms with Crippen LogP contribution in [-0.2, 0) is 21.3 Å². The van der Waals surface area contributed by atoms with Gasteiger partial charge in [-0.25, -0.2) is 18.2 Å². The molecule has 0 unspecified atom stereocenters. The second-order valence-electron chi connectivity index (χ2n) is 9.05. The summed E-state index contributed by atoms with van der Waals surface area (Å²) in [7, 11) is -3.75. The predicted octanol–water partition coefficient (Wildman–Crippen LogP) is 4.49. The highest BCUT2D eigenvalue weighted by Crippen LogP contribution is 2.23. The summed E-state index contributed by atoms with van der Waals surface area (Å²) in [5.41, 5.74) is 1.57. The fourth-order valence-corrected chi connectivity index (χ4v) is 4.69. The molecule has 3 rings (SSSR count). The van der Waals surface area contributed by atoms with Gasteiger partial charge in [-0.1, -0.05) is 30.3 Å². The topological polar surface area (TPSA) is 91.8 Å². The van der Waals surface area contributed by atoms with Gasteiger partial charge >= 0.3 is 6.09 Å². The minimum atomic E-state index is -3.75. The molecule has 0 spiro atoms. The van der Waals surface area contributed by atoms with Crippen LogP contribution in [0.1, 0.15) is 33.3 Å². The van der Waals surface area contributed by atoms with Crippen molar-refractivity contribution in [1.29, 1.82) is 0 Å². The standard InChI is InChI=1S/C23H29ClN4O4S/c1-16-13-27(14-17(2)28(16)22(29)32-23(3,4)5)15-18-6-8-19(9-7-18)26-33(30,31)20-10-11-21(24)25-12-20/h6-12,17,26H,1,13-15H2,2-5H3/t17-/m1/s1. The van der Waals surface area contributed by atoms with E-state index in [4.69, 9.17) is 16.3 Å². The molecule has 1 atom stereocenters. The van der Waals surface area contributed by atoms with Gasteiger partial charge in [-0.05, 0) is 57.5 Å². The number of halogens is 1. The number of anilines is 1. The number of hydrogen-bond donors (Lipinski definition) is 1. The molecule has 1 aromatic carbocycles. The average Bonchev–Trinajstić information content (AvgIpc) is 2.67. The first-order valence-electron chi connectivity index (χ1n) is 10.5. The summed E-state index contributed by atoms with van der Waals surface area (Å²) < 4.78 is 33.1. The molecule has 1 aliphatic heterocycles. The summed E-state index contributed by atoms with van der Waals surface area (Å²) >= 11 is 5.72. The number of amides is 1. The van der Waals surface area contributed by atoms with Crippen LogP contribution in [0.4, 0.5) is 10.5 Å². The van der Waals surface area contributed by atoms with E-state index in [0.717, 1.165) is 5.56 Å². The molecule has 8 nitrogen and oxygen atoms in total. The number of pyridine rings is 1. The normalized spacial score (nSPS) is 17.7. The third kappa shape index (κ3) is 6.69. The zero-order valence-corrected chi connectivity index (χ0v) is 20.8. The molecule has 2 aromatic rings. The Hall–Kier alpha value is -2.62. The van der Waals surface area contributed by atoms with E-state index in [1.54, 1.807) is 17.0 Å². The molecule has 178 valence electrons. The van der Waals surface area contributed by atoms with Crippen molar-refractivity contribution in [3.8, 4) is 0 Å². The first kappa shape index (κ1) is 25.0. The maximum Gasteiger partial charge on any atom is 0.414 e. The molecule has 1 saturated heterocycles. The molecule has 0 bridgehead atoms. The molecule has 0 aliphatic carbocycles. The Balaban J connectivity index is 1.61. The first-order chi connectivity index (χ1) is 15.3. The fourth-order valence-electron chi connectivity index (χ4n) is 3.58. The molecule has 0 radical (unpaired) electrons. The minimum Gasteiger partial charge on any atom is -0.443 e. The van der Waals surface area contributed by atoms with Crippen molar-refractivity contribution in [1.82, 2.24) is 14.8 Å². The number of nitrogens with one attached hydrogen (secondary N) is 1. The monoisotopic (exact) mass is 492 g/mol. The third-order valence-electron chi connectivity index (χ3n) is 4.92. The zero-order valence-electron chi connectivity index (χ0n) is 19.2. The Morgan fingerprint density at radius 3 is 2.45 bits per heavy atom. The Kier molecular flexibility index (Phi) is 7.36. The molecule has 1 N–H and O–H groups in total. The number of rotatable bonds is 5. The second kappa shape index (κ2) is 9.70. The highest BCUT2D eigenvalue weighted by molar-refractivity contribution is 7.92. The summed E-state index contributed by atoms with van der Waals surface area (Å²) in [6, 6.07) is 9.90. The van der Waals surface area contributed by atoms with E-state index in [-0.39, 0.29) is 22.2 Å². The van der Waals surface area contributed by atoms with Gasteiger partial charge in [-0.2, -0.15) is 0 Å². The van der Waals surface area contributed by atoms with Crippen molar-refractivity contribution in [3.63, 3.8) is 0 Å². The first-order valence-corrected chi connectivity index (χ1v) is 12.4. The Labute approximate surface area is 200 Å². The van der Waals surface area contributed by atoms with Gasteiger partial charge in [0.2, 0.25) is 0 Å². The van der Waals surface area contributed by atoms with E-state index in [2.05, 4.69) is 21.2 Å². The number of nitrogens with zero attached hydrogens (tertiary/aromatic N) is 3. The molecule has 0 saturated carbocycles. The van der Waals surface area contributed by atoms with Crippen molar-refractivity contribution in [2.75, 3.05) is 17.8 Å². The van der Waals surface area contributed by atoms with Crippen LogP contribution in [0.5, 0.6) is 0 Å². The minimum absolute atomic E-state index is 0.0336. The van der Waals surface area contributed by atoms with Crippen LogP contribution in [0.15, 0.2) is 59.8 Å². The molecule has 1 amide bonds. The number of carbonyl (C=O) groups is 1. The van der Waals surface area contributed by atoms with Gasteiger partial charge in [0.05, 0.1) is 0 Å². The molecular weight excluding hydrogens is 464 g/mol. The molecule has 1 aliphatic rings.